The molecule has 2 aromatic heterocycles. The molecule has 0 radical (unpaired) electrons. The number of aromatic nitrogens is 4. The summed E-state index contributed by atoms with van der Waals surface area (Å²) < 4.78 is 0. The number of hydrogen-bond donors (Lipinski definition) is 3. The molecule has 0 saturated carbocycles. The average molecular weight is 288 g/mol. The zero-order valence-electron chi connectivity index (χ0n) is 11.0. The summed E-state index contributed by atoms with van der Waals surface area (Å²) in [5.74, 6) is 0.794. The van der Waals surface area contributed by atoms with Gasteiger partial charge < -0.3 is 10.3 Å². The van der Waals surface area contributed by atoms with Crippen molar-refractivity contribution in [3.05, 3.63) is 34.0 Å². The number of benzene rings is 1. The van der Waals surface area contributed by atoms with Crippen molar-refractivity contribution < 1.29 is 0 Å². The molecule has 0 aliphatic carbocycles. The molecule has 0 saturated heterocycles. The molecule has 0 atom stereocenters. The highest BCUT2D eigenvalue weighted by molar-refractivity contribution is 6.32. The zero-order valence-corrected chi connectivity index (χ0v) is 11.8. The van der Waals surface area contributed by atoms with Gasteiger partial charge >= 0.3 is 0 Å². The molecule has 0 bridgehead atoms. The minimum Gasteiger partial charge on any atom is -0.337 e. The van der Waals surface area contributed by atoms with E-state index in [4.69, 9.17) is 11.6 Å². The Hall–Kier alpha value is -1.85. The molecule has 1 aliphatic heterocycles. The van der Waals surface area contributed by atoms with Crippen LogP contribution in [0.3, 0.4) is 0 Å². The normalized spacial score (nSPS) is 14.7. The largest absolute Gasteiger partial charge is 0.337 e. The lowest BCUT2D eigenvalue weighted by molar-refractivity contribution is 0.637. The van der Waals surface area contributed by atoms with Crippen LogP contribution in [0, 0.1) is 6.92 Å². The van der Waals surface area contributed by atoms with E-state index < -0.39 is 0 Å². The maximum Gasteiger partial charge on any atom is 0.159 e. The number of H-pyrrole nitrogens is 2. The monoisotopic (exact) mass is 287 g/mol. The Morgan fingerprint density at radius 2 is 2.20 bits per heavy atom. The van der Waals surface area contributed by atoms with Gasteiger partial charge in [-0.2, -0.15) is 5.10 Å². The maximum atomic E-state index is 6.15. The van der Waals surface area contributed by atoms with Gasteiger partial charge in [-0.25, -0.2) is 4.98 Å². The van der Waals surface area contributed by atoms with E-state index in [1.807, 2.05) is 19.1 Å². The number of rotatable bonds is 1. The Morgan fingerprint density at radius 3 is 3.10 bits per heavy atom. The van der Waals surface area contributed by atoms with Crippen LogP contribution in [0.2, 0.25) is 5.02 Å². The van der Waals surface area contributed by atoms with E-state index in [1.165, 1.54) is 11.3 Å². The van der Waals surface area contributed by atoms with Gasteiger partial charge in [0, 0.05) is 35.8 Å². The van der Waals surface area contributed by atoms with Crippen LogP contribution in [-0.4, -0.2) is 26.7 Å². The molecule has 20 heavy (non-hydrogen) atoms. The second-order valence-electron chi connectivity index (χ2n) is 5.16. The van der Waals surface area contributed by atoms with Gasteiger partial charge in [0.2, 0.25) is 0 Å². The SMILES string of the molecule is Cc1cc2[nH]c(-c3n[nH]c4c3CNCC4)nc2cc1Cl. The van der Waals surface area contributed by atoms with Gasteiger partial charge in [0.1, 0.15) is 5.69 Å². The molecule has 3 N–H and O–H groups in total. The standard InChI is InChI=1S/C14H14ClN5/c1-7-4-11-12(5-9(7)15)18-14(17-11)13-8-6-16-3-2-10(8)19-20-13/h4-5,16H,2-3,6H2,1H3,(H,17,18)(H,19,20). The maximum absolute atomic E-state index is 6.15. The molecule has 3 heterocycles. The van der Waals surface area contributed by atoms with E-state index in [0.717, 1.165) is 52.6 Å². The zero-order chi connectivity index (χ0) is 13.7. The van der Waals surface area contributed by atoms with Crippen LogP contribution in [0.5, 0.6) is 0 Å². The van der Waals surface area contributed by atoms with E-state index in [1.54, 1.807) is 0 Å². The quantitative estimate of drug-likeness (QED) is 0.644. The summed E-state index contributed by atoms with van der Waals surface area (Å²) in [6, 6.07) is 3.91. The van der Waals surface area contributed by atoms with Crippen LogP contribution < -0.4 is 5.32 Å². The second-order valence-corrected chi connectivity index (χ2v) is 5.57. The second kappa shape index (κ2) is 4.33. The third-order valence-corrected chi connectivity index (χ3v) is 4.20. The van der Waals surface area contributed by atoms with E-state index in [9.17, 15) is 0 Å². The van der Waals surface area contributed by atoms with E-state index >= 15 is 0 Å². The molecule has 0 unspecified atom stereocenters. The van der Waals surface area contributed by atoms with E-state index in [2.05, 4.69) is 25.5 Å². The Balaban J connectivity index is 1.88. The van der Waals surface area contributed by atoms with Crippen molar-refractivity contribution in [2.75, 3.05) is 6.54 Å². The van der Waals surface area contributed by atoms with Crippen LogP contribution in [0.15, 0.2) is 12.1 Å². The lowest BCUT2D eigenvalue weighted by atomic mass is 10.1. The Bertz CT molecular complexity index is 762. The van der Waals surface area contributed by atoms with Gasteiger partial charge in [-0.3, -0.25) is 5.10 Å². The van der Waals surface area contributed by atoms with Crippen LogP contribution in [-0.2, 0) is 13.0 Å². The molecule has 1 aromatic carbocycles. The molecule has 102 valence electrons. The fraction of sp³-hybridized carbons (Fsp3) is 0.286. The number of nitrogens with zero attached hydrogens (tertiary/aromatic N) is 2. The number of nitrogens with one attached hydrogen (secondary N) is 3. The molecule has 1 aliphatic rings. The lowest BCUT2D eigenvalue weighted by Crippen LogP contribution is -2.23. The average Bonchev–Trinajstić information content (AvgIpc) is 3.02. The first-order chi connectivity index (χ1) is 9.72. The fourth-order valence-corrected chi connectivity index (χ4v) is 2.83. The topological polar surface area (TPSA) is 69.4 Å². The molecule has 0 spiro atoms. The fourth-order valence-electron chi connectivity index (χ4n) is 2.67. The predicted octanol–water partition coefficient (Wildman–Crippen LogP) is 2.56. The molecule has 0 amide bonds. The smallest absolute Gasteiger partial charge is 0.159 e. The van der Waals surface area contributed by atoms with Crippen molar-refractivity contribution in [1.29, 1.82) is 0 Å². The molecule has 3 aromatic rings. The highest BCUT2D eigenvalue weighted by Crippen LogP contribution is 2.28. The molecule has 4 rings (SSSR count). The molecule has 0 fully saturated rings. The third-order valence-electron chi connectivity index (χ3n) is 3.79. The Morgan fingerprint density at radius 1 is 1.30 bits per heavy atom. The van der Waals surface area contributed by atoms with Crippen molar-refractivity contribution >= 4 is 22.6 Å². The van der Waals surface area contributed by atoms with Gasteiger partial charge in [0.15, 0.2) is 5.82 Å². The third kappa shape index (κ3) is 1.74. The summed E-state index contributed by atoms with van der Waals surface area (Å²) in [6.45, 7) is 3.81. The first-order valence-electron chi connectivity index (χ1n) is 6.65. The van der Waals surface area contributed by atoms with Crippen LogP contribution in [0.25, 0.3) is 22.6 Å². The minimum atomic E-state index is 0.737. The van der Waals surface area contributed by atoms with Gasteiger partial charge in [0.05, 0.1) is 11.0 Å². The first kappa shape index (κ1) is 11.9. The summed E-state index contributed by atoms with van der Waals surface area (Å²) in [5, 5.41) is 11.6. The van der Waals surface area contributed by atoms with Crippen molar-refractivity contribution in [2.45, 2.75) is 19.9 Å². The van der Waals surface area contributed by atoms with Gasteiger partial charge in [0.25, 0.3) is 0 Å². The van der Waals surface area contributed by atoms with Gasteiger partial charge in [-0.05, 0) is 24.6 Å². The number of fused-ring (bicyclic) bond motifs is 2. The Kier molecular flexibility index (Phi) is 2.58. The number of aryl methyl sites for hydroxylation is 1. The Labute approximate surface area is 120 Å². The minimum absolute atomic E-state index is 0.737. The lowest BCUT2D eigenvalue weighted by Gasteiger charge is -2.12. The number of aromatic amines is 2. The van der Waals surface area contributed by atoms with E-state index in [0.29, 0.717) is 0 Å². The number of imidazole rings is 1. The molecular weight excluding hydrogens is 274 g/mol. The highest BCUT2D eigenvalue weighted by atomic mass is 35.5. The number of hydrogen-bond acceptors (Lipinski definition) is 3. The summed E-state index contributed by atoms with van der Waals surface area (Å²) in [5.41, 5.74) is 6.21. The number of halogens is 1. The molecule has 6 heteroatoms. The van der Waals surface area contributed by atoms with Crippen LogP contribution >= 0.6 is 11.6 Å². The summed E-state index contributed by atoms with van der Waals surface area (Å²) in [4.78, 5) is 7.95. The highest BCUT2D eigenvalue weighted by Gasteiger charge is 2.20. The van der Waals surface area contributed by atoms with E-state index in [-0.39, 0.29) is 0 Å². The van der Waals surface area contributed by atoms with Crippen molar-refractivity contribution in [3.63, 3.8) is 0 Å². The molecular formula is C14H14ClN5. The van der Waals surface area contributed by atoms with Crippen molar-refractivity contribution in [1.82, 2.24) is 25.5 Å². The van der Waals surface area contributed by atoms with Gasteiger partial charge in [-0.15, -0.1) is 0 Å². The summed E-state index contributed by atoms with van der Waals surface area (Å²) >= 11 is 6.15. The predicted molar refractivity (Wildman–Crippen MR) is 78.8 cm³/mol. The van der Waals surface area contributed by atoms with Crippen molar-refractivity contribution in [2.24, 2.45) is 0 Å². The van der Waals surface area contributed by atoms with Crippen molar-refractivity contribution in [3.8, 4) is 11.5 Å². The van der Waals surface area contributed by atoms with Crippen LogP contribution in [0.4, 0.5) is 0 Å². The molecule has 5 nitrogen and oxygen atoms in total. The first-order valence-corrected chi connectivity index (χ1v) is 7.03. The van der Waals surface area contributed by atoms with Crippen LogP contribution in [0.1, 0.15) is 16.8 Å². The summed E-state index contributed by atoms with van der Waals surface area (Å²) in [6.07, 6.45) is 0.980. The van der Waals surface area contributed by atoms with Gasteiger partial charge in [-0.1, -0.05) is 11.6 Å². The summed E-state index contributed by atoms with van der Waals surface area (Å²) in [7, 11) is 0.